The molecule has 1 amide bonds. The summed E-state index contributed by atoms with van der Waals surface area (Å²) in [5.74, 6) is 0.244. The summed E-state index contributed by atoms with van der Waals surface area (Å²) >= 11 is 0. The number of benzene rings is 2. The van der Waals surface area contributed by atoms with E-state index in [9.17, 15) is 13.2 Å². The smallest absolute Gasteiger partial charge is 0.339 e. The summed E-state index contributed by atoms with van der Waals surface area (Å²) in [7, 11) is -3.97. The van der Waals surface area contributed by atoms with Crippen molar-refractivity contribution >= 4 is 21.7 Å². The summed E-state index contributed by atoms with van der Waals surface area (Å²) < 4.78 is 30.8. The Balaban J connectivity index is 1.94. The van der Waals surface area contributed by atoms with Crippen LogP contribution in [0.4, 0.5) is 5.69 Å². The Morgan fingerprint density at radius 2 is 2.04 bits per heavy atom. The number of nitrogens with zero attached hydrogens (tertiary/aromatic N) is 1. The Labute approximate surface area is 154 Å². The molecule has 0 N–H and O–H groups in total. The van der Waals surface area contributed by atoms with Crippen molar-refractivity contribution in [3.63, 3.8) is 0 Å². The number of para-hydroxylation sites is 1. The maximum atomic E-state index is 12.7. The maximum Gasteiger partial charge on any atom is 0.339 e. The zero-order valence-electron chi connectivity index (χ0n) is 14.8. The molecule has 6 heteroatoms. The number of amides is 1. The van der Waals surface area contributed by atoms with Crippen molar-refractivity contribution in [1.82, 2.24) is 0 Å². The molecule has 0 aliphatic carbocycles. The third kappa shape index (κ3) is 3.37. The Morgan fingerprint density at radius 3 is 2.73 bits per heavy atom. The molecule has 0 saturated heterocycles. The van der Waals surface area contributed by atoms with Crippen LogP contribution in [0.5, 0.6) is 5.75 Å². The minimum atomic E-state index is -3.97. The molecule has 136 valence electrons. The van der Waals surface area contributed by atoms with Crippen molar-refractivity contribution < 1.29 is 17.4 Å². The van der Waals surface area contributed by atoms with Gasteiger partial charge in [0.15, 0.2) is 0 Å². The number of fused-ring (bicyclic) bond motifs is 1. The Kier molecular flexibility index (Phi) is 4.87. The topological polar surface area (TPSA) is 63.7 Å². The van der Waals surface area contributed by atoms with Crippen molar-refractivity contribution in [2.75, 3.05) is 4.90 Å². The van der Waals surface area contributed by atoms with Gasteiger partial charge in [0.05, 0.1) is 0 Å². The van der Waals surface area contributed by atoms with E-state index in [4.69, 9.17) is 4.18 Å². The Bertz CT molecular complexity index is 966. The van der Waals surface area contributed by atoms with Crippen LogP contribution >= 0.6 is 0 Å². The van der Waals surface area contributed by atoms with E-state index in [1.165, 1.54) is 13.0 Å². The predicted octanol–water partition coefficient (Wildman–Crippen LogP) is 3.48. The molecule has 0 aromatic heterocycles. The van der Waals surface area contributed by atoms with E-state index < -0.39 is 10.1 Å². The van der Waals surface area contributed by atoms with Gasteiger partial charge in [-0.3, -0.25) is 4.79 Å². The number of hydrogen-bond acceptors (Lipinski definition) is 4. The molecule has 26 heavy (non-hydrogen) atoms. The standard InChI is InChI=1S/C20H21NO4S/c1-4-7-16-8-5-6-9-20(16)25-26(23,24)18-10-11-19-17(13-18)12-14(2)21(19)15(3)22/h4-6,8-11,13-14H,1,7,12H2,2-3H3. The highest BCUT2D eigenvalue weighted by Gasteiger charge is 2.30. The number of allylic oxidation sites excluding steroid dienone is 1. The largest absolute Gasteiger partial charge is 0.379 e. The Hall–Kier alpha value is -2.60. The second kappa shape index (κ2) is 6.96. The summed E-state index contributed by atoms with van der Waals surface area (Å²) in [4.78, 5) is 13.6. The summed E-state index contributed by atoms with van der Waals surface area (Å²) in [6.45, 7) is 7.13. The normalized spacial score (nSPS) is 16.2. The molecule has 0 spiro atoms. The highest BCUT2D eigenvalue weighted by molar-refractivity contribution is 7.87. The zero-order valence-corrected chi connectivity index (χ0v) is 15.6. The lowest BCUT2D eigenvalue weighted by atomic mass is 10.1. The van der Waals surface area contributed by atoms with Crippen LogP contribution in [0.3, 0.4) is 0 Å². The molecule has 0 fully saturated rings. The lowest BCUT2D eigenvalue weighted by molar-refractivity contribution is -0.116. The number of carbonyl (C=O) groups is 1. The highest BCUT2D eigenvalue weighted by Crippen LogP contribution is 2.34. The van der Waals surface area contributed by atoms with Gasteiger partial charge in [0, 0.05) is 18.7 Å². The first-order valence-corrected chi connectivity index (χ1v) is 9.80. The number of rotatable bonds is 5. The molecule has 1 heterocycles. The lowest BCUT2D eigenvalue weighted by Gasteiger charge is -2.20. The summed E-state index contributed by atoms with van der Waals surface area (Å²) in [6.07, 6.45) is 2.83. The van der Waals surface area contributed by atoms with Gasteiger partial charge in [-0.05, 0) is 55.2 Å². The first-order valence-electron chi connectivity index (χ1n) is 8.39. The fraction of sp³-hybridized carbons (Fsp3) is 0.250. The van der Waals surface area contributed by atoms with Crippen LogP contribution in [-0.4, -0.2) is 20.4 Å². The minimum Gasteiger partial charge on any atom is -0.379 e. The fourth-order valence-electron chi connectivity index (χ4n) is 3.32. The van der Waals surface area contributed by atoms with Gasteiger partial charge in [0.25, 0.3) is 0 Å². The average Bonchev–Trinajstić information content (AvgIpc) is 2.91. The number of hydrogen-bond donors (Lipinski definition) is 0. The van der Waals surface area contributed by atoms with E-state index in [0.717, 1.165) is 16.8 Å². The van der Waals surface area contributed by atoms with E-state index in [0.29, 0.717) is 18.6 Å². The van der Waals surface area contributed by atoms with Crippen molar-refractivity contribution in [2.45, 2.75) is 37.6 Å². The van der Waals surface area contributed by atoms with E-state index >= 15 is 0 Å². The lowest BCUT2D eigenvalue weighted by Crippen LogP contribution is -2.33. The van der Waals surface area contributed by atoms with Crippen LogP contribution in [0.2, 0.25) is 0 Å². The third-order valence-electron chi connectivity index (χ3n) is 4.43. The summed E-state index contributed by atoms with van der Waals surface area (Å²) in [6, 6.07) is 11.8. The van der Waals surface area contributed by atoms with Crippen LogP contribution in [0.1, 0.15) is 25.0 Å². The number of anilines is 1. The molecule has 0 saturated carbocycles. The molecular weight excluding hydrogens is 350 g/mol. The number of carbonyl (C=O) groups excluding carboxylic acids is 1. The molecule has 1 atom stereocenters. The third-order valence-corrected chi connectivity index (χ3v) is 5.66. The van der Waals surface area contributed by atoms with Gasteiger partial charge >= 0.3 is 10.1 Å². The molecule has 0 radical (unpaired) electrons. The fourth-order valence-corrected chi connectivity index (χ4v) is 4.33. The van der Waals surface area contributed by atoms with Gasteiger partial charge < -0.3 is 9.08 Å². The molecule has 0 bridgehead atoms. The molecule has 1 unspecified atom stereocenters. The molecule has 3 rings (SSSR count). The van der Waals surface area contributed by atoms with Crippen molar-refractivity contribution in [3.05, 3.63) is 66.2 Å². The molecule has 1 aliphatic heterocycles. The van der Waals surface area contributed by atoms with Crippen molar-refractivity contribution in [3.8, 4) is 5.75 Å². The molecule has 2 aromatic rings. The maximum absolute atomic E-state index is 12.7. The van der Waals surface area contributed by atoms with Gasteiger partial charge in [-0.1, -0.05) is 24.3 Å². The van der Waals surface area contributed by atoms with Gasteiger partial charge in [-0.15, -0.1) is 6.58 Å². The zero-order chi connectivity index (χ0) is 18.9. The van der Waals surface area contributed by atoms with Crippen molar-refractivity contribution in [2.24, 2.45) is 0 Å². The molecule has 1 aliphatic rings. The van der Waals surface area contributed by atoms with Crippen molar-refractivity contribution in [1.29, 1.82) is 0 Å². The Morgan fingerprint density at radius 1 is 1.31 bits per heavy atom. The monoisotopic (exact) mass is 371 g/mol. The van der Waals surface area contributed by atoms with E-state index in [-0.39, 0.29) is 16.8 Å². The molecule has 5 nitrogen and oxygen atoms in total. The molecular formula is C20H21NO4S. The van der Waals surface area contributed by atoms with Gasteiger partial charge in [-0.2, -0.15) is 8.42 Å². The second-order valence-electron chi connectivity index (χ2n) is 6.37. The van der Waals surface area contributed by atoms with Gasteiger partial charge in [0.2, 0.25) is 5.91 Å². The summed E-state index contributed by atoms with van der Waals surface area (Å²) in [5, 5.41) is 0. The first kappa shape index (κ1) is 18.2. The summed E-state index contributed by atoms with van der Waals surface area (Å²) in [5.41, 5.74) is 2.34. The second-order valence-corrected chi connectivity index (χ2v) is 7.92. The first-order chi connectivity index (χ1) is 12.3. The van der Waals surface area contributed by atoms with Crippen LogP contribution in [0, 0.1) is 0 Å². The highest BCUT2D eigenvalue weighted by atomic mass is 32.2. The van der Waals surface area contributed by atoms with Gasteiger partial charge in [-0.25, -0.2) is 0 Å². The average molecular weight is 371 g/mol. The SMILES string of the molecule is C=CCc1ccccc1OS(=O)(=O)c1ccc2c(c1)CC(C)N2C(C)=O. The van der Waals surface area contributed by atoms with Crippen LogP contribution in [0.15, 0.2) is 60.0 Å². The molecule has 2 aromatic carbocycles. The van der Waals surface area contributed by atoms with Crippen LogP contribution in [-0.2, 0) is 27.8 Å². The predicted molar refractivity (Wildman–Crippen MR) is 101 cm³/mol. The van der Waals surface area contributed by atoms with Crippen LogP contribution in [0.25, 0.3) is 0 Å². The van der Waals surface area contributed by atoms with E-state index in [2.05, 4.69) is 6.58 Å². The minimum absolute atomic E-state index is 0.00897. The van der Waals surface area contributed by atoms with Crippen LogP contribution < -0.4 is 9.08 Å². The van der Waals surface area contributed by atoms with Gasteiger partial charge in [0.1, 0.15) is 10.6 Å². The van der Waals surface area contributed by atoms with E-state index in [1.54, 1.807) is 35.2 Å². The quantitative estimate of drug-likeness (QED) is 0.596. The van der Waals surface area contributed by atoms with E-state index in [1.807, 2.05) is 19.1 Å².